The van der Waals surface area contributed by atoms with Crippen LogP contribution in [0.2, 0.25) is 0 Å². The maximum atomic E-state index is 13.3. The Hall–Kier alpha value is -2.03. The van der Waals surface area contributed by atoms with Crippen LogP contribution in [0.1, 0.15) is 0 Å². The molecule has 7 nitrogen and oxygen atoms in total. The number of aromatic nitrogens is 4. The van der Waals surface area contributed by atoms with Crippen LogP contribution in [0, 0.1) is 5.82 Å². The van der Waals surface area contributed by atoms with E-state index in [2.05, 4.69) is 15.4 Å². The minimum Gasteiger partial charge on any atom is -0.244 e. The van der Waals surface area contributed by atoms with Gasteiger partial charge in [-0.15, -0.1) is 5.10 Å². The molecule has 0 saturated carbocycles. The first-order chi connectivity index (χ1) is 7.99. The highest BCUT2D eigenvalue weighted by atomic mass is 32.2. The molecule has 1 N–H and O–H groups in total. The monoisotopic (exact) mass is 257 g/mol. The number of aryl methyl sites for hydroxylation is 1. The third-order valence-electron chi connectivity index (χ3n) is 1.86. The molecular formula is C8H8FN5O2S. The van der Waals surface area contributed by atoms with E-state index in [1.165, 1.54) is 19.2 Å². The number of hydrogen-bond donors (Lipinski definition) is 1. The first kappa shape index (κ1) is 11.5. The molecule has 0 unspecified atom stereocenters. The van der Waals surface area contributed by atoms with Gasteiger partial charge in [-0.25, -0.2) is 17.5 Å². The summed E-state index contributed by atoms with van der Waals surface area (Å²) in [5.74, 6) is -1.06. The van der Waals surface area contributed by atoms with Crippen LogP contribution in [0.15, 0.2) is 29.2 Å². The van der Waals surface area contributed by atoms with Gasteiger partial charge in [-0.3, -0.25) is 0 Å². The summed E-state index contributed by atoms with van der Waals surface area (Å²) in [5, 5.41) is 10.5. The second-order valence-corrected chi connectivity index (χ2v) is 4.79. The molecule has 0 aliphatic carbocycles. The molecule has 0 spiro atoms. The molecule has 1 aromatic carbocycles. The molecule has 0 aliphatic heterocycles. The van der Waals surface area contributed by atoms with E-state index < -0.39 is 20.7 Å². The van der Waals surface area contributed by atoms with E-state index in [1.54, 1.807) is 0 Å². The Morgan fingerprint density at radius 2 is 2.06 bits per heavy atom. The van der Waals surface area contributed by atoms with Gasteiger partial charge in [0.1, 0.15) is 10.7 Å². The van der Waals surface area contributed by atoms with E-state index in [0.29, 0.717) is 0 Å². The Bertz CT molecular complexity index is 639. The molecule has 0 atom stereocenters. The molecule has 0 fully saturated rings. The average molecular weight is 257 g/mol. The lowest BCUT2D eigenvalue weighted by atomic mass is 10.4. The molecule has 0 aliphatic rings. The van der Waals surface area contributed by atoms with E-state index >= 15 is 0 Å². The maximum absolute atomic E-state index is 13.3. The smallest absolute Gasteiger partial charge is 0.244 e. The summed E-state index contributed by atoms with van der Waals surface area (Å²) in [6.45, 7) is 0. The molecule has 2 rings (SSSR count). The molecule has 0 amide bonds. The first-order valence-electron chi connectivity index (χ1n) is 4.50. The SMILES string of the molecule is Cn1nnc(NS(=O)(=O)c2ccccc2F)n1. The van der Waals surface area contributed by atoms with Crippen molar-refractivity contribution in [1.82, 2.24) is 20.2 Å². The lowest BCUT2D eigenvalue weighted by Gasteiger charge is -2.04. The quantitative estimate of drug-likeness (QED) is 0.845. The Kier molecular flexibility index (Phi) is 2.76. The minimum absolute atomic E-state index is 0.212. The summed E-state index contributed by atoms with van der Waals surface area (Å²) in [6.07, 6.45) is 0. The molecule has 9 heteroatoms. The molecule has 17 heavy (non-hydrogen) atoms. The number of sulfonamides is 1. The highest BCUT2D eigenvalue weighted by molar-refractivity contribution is 7.92. The van der Waals surface area contributed by atoms with E-state index in [-0.39, 0.29) is 5.95 Å². The standard InChI is InChI=1S/C8H8FN5O2S/c1-14-11-8(10-13-14)12-17(15,16)7-5-3-2-4-6(7)9/h2-5H,1H3,(H,11,12). The van der Waals surface area contributed by atoms with Crippen molar-refractivity contribution >= 4 is 16.0 Å². The fourth-order valence-corrected chi connectivity index (χ4v) is 2.18. The topological polar surface area (TPSA) is 89.8 Å². The summed E-state index contributed by atoms with van der Waals surface area (Å²) in [4.78, 5) is 0.617. The van der Waals surface area contributed by atoms with Crippen molar-refractivity contribution < 1.29 is 12.8 Å². The van der Waals surface area contributed by atoms with E-state index in [1.807, 2.05) is 4.72 Å². The molecule has 0 saturated heterocycles. The van der Waals surface area contributed by atoms with Gasteiger partial charge in [0.15, 0.2) is 0 Å². The number of hydrogen-bond acceptors (Lipinski definition) is 5. The van der Waals surface area contributed by atoms with Gasteiger partial charge in [0, 0.05) is 0 Å². The number of rotatable bonds is 3. The van der Waals surface area contributed by atoms with Crippen LogP contribution in [-0.4, -0.2) is 28.6 Å². The average Bonchev–Trinajstić information content (AvgIpc) is 2.63. The van der Waals surface area contributed by atoms with Gasteiger partial charge in [0.05, 0.1) is 7.05 Å². The molecule has 90 valence electrons. The van der Waals surface area contributed by atoms with Gasteiger partial charge in [-0.05, 0) is 17.3 Å². The third-order valence-corrected chi connectivity index (χ3v) is 3.22. The Balaban J connectivity index is 2.35. The zero-order valence-electron chi connectivity index (χ0n) is 8.70. The van der Waals surface area contributed by atoms with Crippen molar-refractivity contribution in [3.63, 3.8) is 0 Å². The number of benzene rings is 1. The van der Waals surface area contributed by atoms with Crippen LogP contribution in [0.4, 0.5) is 10.3 Å². The zero-order chi connectivity index (χ0) is 12.5. The van der Waals surface area contributed by atoms with Crippen molar-refractivity contribution in [1.29, 1.82) is 0 Å². The summed E-state index contributed by atoms with van der Waals surface area (Å²) in [6, 6.07) is 5.02. The number of tetrazole rings is 1. The van der Waals surface area contributed by atoms with Gasteiger partial charge < -0.3 is 0 Å². The molecule has 0 bridgehead atoms. The second-order valence-electron chi connectivity index (χ2n) is 3.14. The van der Waals surface area contributed by atoms with Gasteiger partial charge in [0.2, 0.25) is 0 Å². The van der Waals surface area contributed by atoms with Gasteiger partial charge in [-0.2, -0.15) is 4.80 Å². The molecule has 2 aromatic rings. The molecule has 1 heterocycles. The summed E-state index contributed by atoms with van der Waals surface area (Å²) in [5.41, 5.74) is 0. The van der Waals surface area contributed by atoms with Crippen LogP contribution >= 0.6 is 0 Å². The van der Waals surface area contributed by atoms with Crippen LogP contribution in [0.3, 0.4) is 0 Å². The minimum atomic E-state index is -4.03. The van der Waals surface area contributed by atoms with Crippen LogP contribution in [0.5, 0.6) is 0 Å². The Morgan fingerprint density at radius 3 is 2.65 bits per heavy atom. The lowest BCUT2D eigenvalue weighted by molar-refractivity contribution is 0.570. The van der Waals surface area contributed by atoms with Crippen molar-refractivity contribution in [3.8, 4) is 0 Å². The summed E-state index contributed by atoms with van der Waals surface area (Å²) >= 11 is 0. The predicted octanol–water partition coefficient (Wildman–Crippen LogP) is 0.150. The van der Waals surface area contributed by atoms with E-state index in [9.17, 15) is 12.8 Å². The van der Waals surface area contributed by atoms with Crippen LogP contribution in [-0.2, 0) is 17.1 Å². The fourth-order valence-electron chi connectivity index (χ4n) is 1.16. The largest absolute Gasteiger partial charge is 0.277 e. The van der Waals surface area contributed by atoms with Gasteiger partial charge in [0.25, 0.3) is 16.0 Å². The number of anilines is 1. The zero-order valence-corrected chi connectivity index (χ0v) is 9.52. The fraction of sp³-hybridized carbons (Fsp3) is 0.125. The van der Waals surface area contributed by atoms with E-state index in [4.69, 9.17) is 0 Å². The third kappa shape index (κ3) is 2.38. The van der Waals surface area contributed by atoms with Crippen molar-refractivity contribution in [2.75, 3.05) is 4.72 Å². The maximum Gasteiger partial charge on any atom is 0.277 e. The Labute approximate surface area is 96.3 Å². The second kappa shape index (κ2) is 4.09. The van der Waals surface area contributed by atoms with Crippen molar-refractivity contribution in [3.05, 3.63) is 30.1 Å². The predicted molar refractivity (Wildman–Crippen MR) is 56.0 cm³/mol. The Morgan fingerprint density at radius 1 is 1.35 bits per heavy atom. The summed E-state index contributed by atoms with van der Waals surface area (Å²) < 4.78 is 38.9. The number of nitrogens with zero attached hydrogens (tertiary/aromatic N) is 4. The van der Waals surface area contributed by atoms with Gasteiger partial charge in [-0.1, -0.05) is 17.2 Å². The first-order valence-corrected chi connectivity index (χ1v) is 5.99. The molecule has 1 aromatic heterocycles. The van der Waals surface area contributed by atoms with Crippen molar-refractivity contribution in [2.45, 2.75) is 4.90 Å². The van der Waals surface area contributed by atoms with Crippen molar-refractivity contribution in [2.24, 2.45) is 7.05 Å². The molecular weight excluding hydrogens is 249 g/mol. The van der Waals surface area contributed by atoms with Gasteiger partial charge >= 0.3 is 0 Å². The highest BCUT2D eigenvalue weighted by Crippen LogP contribution is 2.15. The number of nitrogens with one attached hydrogen (secondary N) is 1. The van der Waals surface area contributed by atoms with E-state index in [0.717, 1.165) is 16.9 Å². The highest BCUT2D eigenvalue weighted by Gasteiger charge is 2.20. The number of halogens is 1. The lowest BCUT2D eigenvalue weighted by Crippen LogP contribution is -2.15. The summed E-state index contributed by atoms with van der Waals surface area (Å²) in [7, 11) is -2.55. The van der Waals surface area contributed by atoms with Crippen LogP contribution < -0.4 is 4.72 Å². The molecule has 0 radical (unpaired) electrons. The van der Waals surface area contributed by atoms with Crippen LogP contribution in [0.25, 0.3) is 0 Å². The normalized spacial score (nSPS) is 11.4.